The second kappa shape index (κ2) is 3.08. The summed E-state index contributed by atoms with van der Waals surface area (Å²) >= 11 is 0. The Labute approximate surface area is 36.4 Å². The van der Waals surface area contributed by atoms with E-state index in [1.165, 1.54) is 0 Å². The van der Waals surface area contributed by atoms with E-state index >= 15 is 0 Å². The lowest BCUT2D eigenvalue weighted by molar-refractivity contribution is 0.101. The van der Waals surface area contributed by atoms with Crippen LogP contribution in [0.2, 0.25) is 0 Å². The van der Waals surface area contributed by atoms with Crippen LogP contribution in [0.1, 0.15) is 0 Å². The predicted octanol–water partition coefficient (Wildman–Crippen LogP) is -1.59. The minimum atomic E-state index is -0.954. The highest BCUT2D eigenvalue weighted by molar-refractivity contribution is 4.47. The number of nitrogens with zero attached hydrogens (tertiary/aromatic N) is 1. The molecule has 0 bridgehead atoms. The van der Waals surface area contributed by atoms with E-state index in [2.05, 4.69) is 0 Å². The molecule has 2 N–H and O–H groups in total. The topological polar surface area (TPSA) is 62.8 Å². The van der Waals surface area contributed by atoms with Gasteiger partial charge in [-0.25, -0.2) is 0 Å². The monoisotopic (exact) mass is 89.0 g/mol. The maximum Gasteiger partial charge on any atom is 0.0927 e. The fourth-order valence-electron chi connectivity index (χ4n) is 0.0577. The highest BCUT2D eigenvalue weighted by atomic mass is 16.3. The number of rotatable bonds is 2. The van der Waals surface area contributed by atoms with Gasteiger partial charge >= 0.3 is 0 Å². The Balaban J connectivity index is 2.75. The molecular weight excluding hydrogens is 82.0 g/mol. The van der Waals surface area contributed by atoms with E-state index in [1.54, 1.807) is 0 Å². The van der Waals surface area contributed by atoms with Crippen molar-refractivity contribution in [1.29, 1.82) is 0 Å². The Morgan fingerprint density at radius 3 is 2.17 bits per heavy atom. The van der Waals surface area contributed by atoms with E-state index in [0.29, 0.717) is 0 Å². The van der Waals surface area contributed by atoms with Crippen molar-refractivity contribution in [2.75, 3.05) is 13.2 Å². The van der Waals surface area contributed by atoms with Gasteiger partial charge in [-0.2, -0.15) is 0 Å². The highest BCUT2D eigenvalue weighted by Crippen LogP contribution is 1.70. The summed E-state index contributed by atoms with van der Waals surface area (Å²) < 4.78 is 0. The molecule has 0 saturated heterocycles. The van der Waals surface area contributed by atoms with Gasteiger partial charge in [0.25, 0.3) is 0 Å². The van der Waals surface area contributed by atoms with Gasteiger partial charge in [0.15, 0.2) is 0 Å². The van der Waals surface area contributed by atoms with Crippen LogP contribution in [0.3, 0.4) is 0 Å². The van der Waals surface area contributed by atoms with Crippen LogP contribution in [0.25, 0.3) is 0 Å². The lowest BCUT2D eigenvalue weighted by Crippen LogP contribution is -2.17. The van der Waals surface area contributed by atoms with E-state index in [-0.39, 0.29) is 13.2 Å². The van der Waals surface area contributed by atoms with Crippen molar-refractivity contribution in [2.24, 2.45) is 0 Å². The molecule has 2 radical (unpaired) electrons. The van der Waals surface area contributed by atoms with E-state index in [4.69, 9.17) is 15.9 Å². The van der Waals surface area contributed by atoms with Crippen molar-refractivity contribution in [2.45, 2.75) is 6.10 Å². The standard InChI is InChI=1S/C3H7NO2/c4-1-3(6)2-5/h3,5-6H,1-2H2. The summed E-state index contributed by atoms with van der Waals surface area (Å²) in [6.07, 6.45) is -0.954. The maximum atomic E-state index is 8.17. The normalized spacial score (nSPS) is 14.5. The Bertz CT molecular complexity index is 28.0. The molecule has 36 valence electrons. The largest absolute Gasteiger partial charge is 0.394 e. The van der Waals surface area contributed by atoms with Crippen molar-refractivity contribution >= 4 is 0 Å². The van der Waals surface area contributed by atoms with Crippen molar-refractivity contribution in [1.82, 2.24) is 5.73 Å². The molecule has 1 atom stereocenters. The molecule has 0 aliphatic heterocycles. The van der Waals surface area contributed by atoms with Gasteiger partial charge in [0, 0.05) is 0 Å². The molecule has 0 aromatic heterocycles. The molecule has 0 spiro atoms. The average Bonchev–Trinajstić information content (AvgIpc) is 1.65. The van der Waals surface area contributed by atoms with Crippen molar-refractivity contribution in [3.63, 3.8) is 0 Å². The van der Waals surface area contributed by atoms with Crippen molar-refractivity contribution < 1.29 is 10.2 Å². The smallest absolute Gasteiger partial charge is 0.0927 e. The second-order valence-electron chi connectivity index (χ2n) is 1.02. The fraction of sp³-hybridized carbons (Fsp3) is 1.00. The van der Waals surface area contributed by atoms with Crippen LogP contribution < -0.4 is 5.73 Å². The first-order valence-corrected chi connectivity index (χ1v) is 1.71. The molecule has 0 rings (SSSR count). The number of hydrogen-bond acceptors (Lipinski definition) is 2. The van der Waals surface area contributed by atoms with Gasteiger partial charge in [-0.05, 0) is 0 Å². The predicted molar refractivity (Wildman–Crippen MR) is 20.1 cm³/mol. The summed E-state index contributed by atoms with van der Waals surface area (Å²) in [4.78, 5) is 0. The number of hydrogen-bond donors (Lipinski definition) is 2. The molecule has 0 aromatic carbocycles. The molecule has 3 nitrogen and oxygen atoms in total. The maximum absolute atomic E-state index is 8.17. The first kappa shape index (κ1) is 5.88. The van der Waals surface area contributed by atoms with E-state index in [9.17, 15) is 0 Å². The number of aliphatic hydroxyl groups is 2. The van der Waals surface area contributed by atoms with Crippen LogP contribution >= 0.6 is 0 Å². The molecular formula is C3H7NO2. The molecule has 0 fully saturated rings. The van der Waals surface area contributed by atoms with Gasteiger partial charge in [0.2, 0.25) is 0 Å². The molecule has 0 saturated carbocycles. The summed E-state index contributed by atoms with van der Waals surface area (Å²) in [6.45, 7) is -0.729. The first-order chi connectivity index (χ1) is 2.81. The third-order valence-corrected chi connectivity index (χ3v) is 0.421. The van der Waals surface area contributed by atoms with Crippen LogP contribution in [0.15, 0.2) is 0 Å². The van der Waals surface area contributed by atoms with Crippen LogP contribution in [0, 0.1) is 0 Å². The average molecular weight is 89.1 g/mol. The third kappa shape index (κ3) is 2.14. The van der Waals surface area contributed by atoms with E-state index in [0.717, 1.165) is 0 Å². The highest BCUT2D eigenvalue weighted by Gasteiger charge is 1.94. The molecule has 0 aromatic rings. The molecule has 0 amide bonds. The van der Waals surface area contributed by atoms with Gasteiger partial charge < -0.3 is 10.2 Å². The minimum Gasteiger partial charge on any atom is -0.394 e. The quantitative estimate of drug-likeness (QED) is 0.428. The molecule has 6 heavy (non-hydrogen) atoms. The molecule has 3 heteroatoms. The lowest BCUT2D eigenvalue weighted by Gasteiger charge is -1.95. The Morgan fingerprint density at radius 1 is 1.67 bits per heavy atom. The molecule has 0 aliphatic carbocycles. The summed E-state index contributed by atoms with van der Waals surface area (Å²) in [6, 6.07) is 0. The summed E-state index contributed by atoms with van der Waals surface area (Å²) in [5.41, 5.74) is 7.92. The Kier molecular flexibility index (Phi) is 3.02. The zero-order valence-electron chi connectivity index (χ0n) is 3.33. The van der Waals surface area contributed by atoms with Crippen LogP contribution in [-0.2, 0) is 0 Å². The Morgan fingerprint density at radius 2 is 2.17 bits per heavy atom. The fourth-order valence-corrected chi connectivity index (χ4v) is 0.0577. The molecule has 0 heterocycles. The SMILES string of the molecule is [N]CC(O)CO. The van der Waals surface area contributed by atoms with Gasteiger partial charge in [0.1, 0.15) is 0 Å². The van der Waals surface area contributed by atoms with Crippen LogP contribution in [0.4, 0.5) is 0 Å². The first-order valence-electron chi connectivity index (χ1n) is 1.71. The van der Waals surface area contributed by atoms with Gasteiger partial charge in [-0.15, -0.1) is 5.73 Å². The molecule has 0 aliphatic rings. The number of aliphatic hydroxyl groups excluding tert-OH is 2. The summed E-state index contributed by atoms with van der Waals surface area (Å²) in [5.74, 6) is 0. The zero-order chi connectivity index (χ0) is 4.99. The van der Waals surface area contributed by atoms with Gasteiger partial charge in [0.05, 0.1) is 19.3 Å². The third-order valence-electron chi connectivity index (χ3n) is 0.421. The summed E-state index contributed by atoms with van der Waals surface area (Å²) in [7, 11) is 0. The lowest BCUT2D eigenvalue weighted by atomic mass is 10.4. The summed E-state index contributed by atoms with van der Waals surface area (Å²) in [5, 5.41) is 16.1. The Hall–Kier alpha value is -0.120. The van der Waals surface area contributed by atoms with Gasteiger partial charge in [-0.1, -0.05) is 0 Å². The molecule has 1 unspecified atom stereocenters. The van der Waals surface area contributed by atoms with Crippen molar-refractivity contribution in [3.8, 4) is 0 Å². The second-order valence-corrected chi connectivity index (χ2v) is 1.02. The van der Waals surface area contributed by atoms with Crippen LogP contribution in [-0.4, -0.2) is 29.5 Å². The zero-order valence-corrected chi connectivity index (χ0v) is 3.33. The minimum absolute atomic E-state index is 0.365. The van der Waals surface area contributed by atoms with Crippen molar-refractivity contribution in [3.05, 3.63) is 0 Å². The van der Waals surface area contributed by atoms with E-state index < -0.39 is 6.10 Å². The van der Waals surface area contributed by atoms with E-state index in [1.807, 2.05) is 0 Å². The van der Waals surface area contributed by atoms with Gasteiger partial charge in [-0.3, -0.25) is 0 Å². The van der Waals surface area contributed by atoms with Crippen LogP contribution in [0.5, 0.6) is 0 Å².